The van der Waals surface area contributed by atoms with Gasteiger partial charge in [-0.05, 0) is 65.3 Å². The molecule has 1 amide bonds. The van der Waals surface area contributed by atoms with E-state index in [1.165, 1.54) is 0 Å². The van der Waals surface area contributed by atoms with Crippen molar-refractivity contribution in [2.75, 3.05) is 33.2 Å². The fraction of sp³-hybridized carbons (Fsp3) is 0.895. The van der Waals surface area contributed by atoms with Gasteiger partial charge in [-0.25, -0.2) is 0 Å². The van der Waals surface area contributed by atoms with Crippen molar-refractivity contribution >= 4 is 11.7 Å². The maximum absolute atomic E-state index is 12.5. The second-order valence-corrected chi connectivity index (χ2v) is 6.42. The highest BCUT2D eigenvalue weighted by atomic mass is 16.2. The van der Waals surface area contributed by atoms with Crippen molar-refractivity contribution in [1.82, 2.24) is 21.3 Å². The molecule has 0 saturated carbocycles. The summed E-state index contributed by atoms with van der Waals surface area (Å²) in [4.78, 5) is 24.7. The van der Waals surface area contributed by atoms with Crippen LogP contribution in [0, 0.1) is 0 Å². The first-order valence-corrected chi connectivity index (χ1v) is 10.0. The Kier molecular flexibility index (Phi) is 15.8. The fourth-order valence-electron chi connectivity index (χ4n) is 2.79. The maximum atomic E-state index is 12.5. The highest BCUT2D eigenvalue weighted by Gasteiger charge is 2.23. The smallest absolute Gasteiger partial charge is 0.237 e. The summed E-state index contributed by atoms with van der Waals surface area (Å²) in [6.07, 6.45) is 5.99. The molecule has 0 aliphatic heterocycles. The third-order valence-electron chi connectivity index (χ3n) is 4.41. The lowest BCUT2D eigenvalue weighted by Gasteiger charge is -2.22. The Morgan fingerprint density at radius 2 is 1.32 bits per heavy atom. The normalized spacial score (nSPS) is 13.4. The van der Waals surface area contributed by atoms with Crippen LogP contribution in [0.25, 0.3) is 0 Å². The van der Waals surface area contributed by atoms with E-state index in [9.17, 15) is 9.59 Å². The molecule has 0 aliphatic rings. The van der Waals surface area contributed by atoms with Crippen molar-refractivity contribution < 1.29 is 9.59 Å². The summed E-state index contributed by atoms with van der Waals surface area (Å²) in [7, 11) is 1.81. The van der Waals surface area contributed by atoms with Gasteiger partial charge in [-0.3, -0.25) is 9.59 Å². The van der Waals surface area contributed by atoms with E-state index < -0.39 is 0 Å². The van der Waals surface area contributed by atoms with Crippen molar-refractivity contribution in [3.8, 4) is 0 Å². The Morgan fingerprint density at radius 3 is 1.76 bits per heavy atom. The molecule has 0 fully saturated rings. The molecule has 6 heteroatoms. The molecule has 0 aromatic heterocycles. The van der Waals surface area contributed by atoms with Crippen molar-refractivity contribution in [1.29, 1.82) is 0 Å². The van der Waals surface area contributed by atoms with Gasteiger partial charge in [-0.15, -0.1) is 0 Å². The van der Waals surface area contributed by atoms with Gasteiger partial charge in [-0.1, -0.05) is 27.2 Å². The Balaban J connectivity index is 4.32. The average Bonchev–Trinajstić information content (AvgIpc) is 2.62. The molecule has 148 valence electrons. The number of hydrogen-bond donors (Lipinski definition) is 4. The van der Waals surface area contributed by atoms with Gasteiger partial charge < -0.3 is 21.3 Å². The highest BCUT2D eigenvalue weighted by Crippen LogP contribution is 2.07. The van der Waals surface area contributed by atoms with Gasteiger partial charge in [0, 0.05) is 6.42 Å². The van der Waals surface area contributed by atoms with Gasteiger partial charge in [0.25, 0.3) is 0 Å². The molecule has 0 bridgehead atoms. The molecule has 0 spiro atoms. The number of carbonyl (C=O) groups excluding carboxylic acids is 2. The van der Waals surface area contributed by atoms with Gasteiger partial charge in [0.2, 0.25) is 5.91 Å². The lowest BCUT2D eigenvalue weighted by molar-refractivity contribution is -0.129. The zero-order chi connectivity index (χ0) is 18.9. The number of hydrogen-bond acceptors (Lipinski definition) is 5. The zero-order valence-corrected chi connectivity index (χ0v) is 16.7. The number of nitrogens with one attached hydrogen (secondary N) is 4. The van der Waals surface area contributed by atoms with Crippen LogP contribution >= 0.6 is 0 Å². The van der Waals surface area contributed by atoms with Crippen molar-refractivity contribution in [2.45, 2.75) is 77.8 Å². The van der Waals surface area contributed by atoms with E-state index >= 15 is 0 Å². The Labute approximate surface area is 154 Å². The maximum Gasteiger partial charge on any atom is 0.237 e. The summed E-state index contributed by atoms with van der Waals surface area (Å²) in [5, 5.41) is 12.6. The Morgan fingerprint density at radius 1 is 0.800 bits per heavy atom. The van der Waals surface area contributed by atoms with Crippen LogP contribution in [0.15, 0.2) is 0 Å². The van der Waals surface area contributed by atoms with Gasteiger partial charge in [0.1, 0.15) is 0 Å². The number of amides is 1. The van der Waals surface area contributed by atoms with E-state index in [1.807, 2.05) is 14.0 Å². The number of unbranched alkanes of at least 4 members (excludes halogenated alkanes) is 2. The summed E-state index contributed by atoms with van der Waals surface area (Å²) in [6.45, 7) is 9.92. The van der Waals surface area contributed by atoms with Gasteiger partial charge in [0.05, 0.1) is 12.1 Å². The largest absolute Gasteiger partial charge is 0.345 e. The summed E-state index contributed by atoms with van der Waals surface area (Å²) >= 11 is 0. The van der Waals surface area contributed by atoms with E-state index in [1.54, 1.807) is 0 Å². The molecule has 0 aromatic rings. The van der Waals surface area contributed by atoms with Crippen LogP contribution in [0.2, 0.25) is 0 Å². The van der Waals surface area contributed by atoms with Crippen LogP contribution in [0.4, 0.5) is 0 Å². The van der Waals surface area contributed by atoms with E-state index in [-0.39, 0.29) is 23.8 Å². The molecule has 0 aromatic carbocycles. The number of Topliss-reactive ketones (excluding diaryl/α,β-unsaturated/α-hetero) is 1. The Hall–Kier alpha value is -0.980. The molecular formula is C19H40N4O2. The third-order valence-corrected chi connectivity index (χ3v) is 4.41. The van der Waals surface area contributed by atoms with Crippen molar-refractivity contribution in [3.63, 3.8) is 0 Å². The van der Waals surface area contributed by atoms with Crippen LogP contribution in [0.3, 0.4) is 0 Å². The van der Waals surface area contributed by atoms with Crippen LogP contribution in [0.1, 0.15) is 65.7 Å². The third kappa shape index (κ3) is 12.1. The van der Waals surface area contributed by atoms with E-state index in [4.69, 9.17) is 0 Å². The van der Waals surface area contributed by atoms with Crippen LogP contribution in [0.5, 0.6) is 0 Å². The molecule has 0 heterocycles. The first kappa shape index (κ1) is 24.0. The molecule has 0 saturated heterocycles. The minimum Gasteiger partial charge on any atom is -0.345 e. The highest BCUT2D eigenvalue weighted by molar-refractivity contribution is 5.90. The number of likely N-dealkylation sites (N-methyl/N-ethyl adjacent to an activating group) is 1. The van der Waals surface area contributed by atoms with Crippen molar-refractivity contribution in [2.24, 2.45) is 0 Å². The monoisotopic (exact) mass is 356 g/mol. The first-order chi connectivity index (χ1) is 12.1. The van der Waals surface area contributed by atoms with Crippen molar-refractivity contribution in [3.05, 3.63) is 0 Å². The number of rotatable bonds is 17. The topological polar surface area (TPSA) is 82.3 Å². The lowest BCUT2D eigenvalue weighted by atomic mass is 10.0. The quantitative estimate of drug-likeness (QED) is 0.298. The molecule has 2 unspecified atom stereocenters. The predicted molar refractivity (Wildman–Crippen MR) is 105 cm³/mol. The summed E-state index contributed by atoms with van der Waals surface area (Å²) in [5.74, 6) is 0.0724. The lowest BCUT2D eigenvalue weighted by Crippen LogP contribution is -2.49. The SMILES string of the molecule is CCNCCCCC(NC(=O)C(CCCCNCC)NC)C(=O)CC. The summed E-state index contributed by atoms with van der Waals surface area (Å²) in [5.41, 5.74) is 0. The summed E-state index contributed by atoms with van der Waals surface area (Å²) < 4.78 is 0. The molecule has 0 rings (SSSR count). The van der Waals surface area contributed by atoms with Gasteiger partial charge in [0.15, 0.2) is 5.78 Å². The second kappa shape index (κ2) is 16.5. The Bertz CT molecular complexity index is 350. The molecule has 4 N–H and O–H groups in total. The molecule has 6 nitrogen and oxygen atoms in total. The average molecular weight is 357 g/mol. The molecule has 0 radical (unpaired) electrons. The second-order valence-electron chi connectivity index (χ2n) is 6.42. The fourth-order valence-corrected chi connectivity index (χ4v) is 2.79. The minimum atomic E-state index is -0.350. The standard InChI is InChI=1S/C19H40N4O2/c1-5-18(24)16(12-8-10-14-21-6-2)23-19(25)17(20-4)13-9-11-15-22-7-3/h16-17,20-22H,5-15H2,1-4H3,(H,23,25). The number of carbonyl (C=O) groups is 2. The van der Waals surface area contributed by atoms with Crippen LogP contribution < -0.4 is 21.3 Å². The van der Waals surface area contributed by atoms with E-state index in [0.717, 1.165) is 64.7 Å². The first-order valence-electron chi connectivity index (χ1n) is 10.0. The molecular weight excluding hydrogens is 316 g/mol. The molecule has 0 aliphatic carbocycles. The van der Waals surface area contributed by atoms with Crippen LogP contribution in [-0.4, -0.2) is 57.0 Å². The van der Waals surface area contributed by atoms with E-state index in [2.05, 4.69) is 35.1 Å². The molecule has 2 atom stereocenters. The zero-order valence-electron chi connectivity index (χ0n) is 16.7. The van der Waals surface area contributed by atoms with Crippen LogP contribution in [-0.2, 0) is 9.59 Å². The summed E-state index contributed by atoms with van der Waals surface area (Å²) in [6, 6.07) is -0.577. The van der Waals surface area contributed by atoms with Gasteiger partial charge in [-0.2, -0.15) is 0 Å². The molecule has 25 heavy (non-hydrogen) atoms. The minimum absolute atomic E-state index is 0.0515. The predicted octanol–water partition coefficient (Wildman–Crippen LogP) is 1.60. The number of ketones is 1. The van der Waals surface area contributed by atoms with E-state index in [0.29, 0.717) is 6.42 Å². The van der Waals surface area contributed by atoms with Gasteiger partial charge >= 0.3 is 0 Å².